The molecule has 6 heteroatoms. The van der Waals surface area contributed by atoms with Crippen LogP contribution < -0.4 is 10.6 Å². The Morgan fingerprint density at radius 1 is 1.00 bits per heavy atom. The van der Waals surface area contributed by atoms with Crippen LogP contribution in [0.2, 0.25) is 5.02 Å². The number of aromatic nitrogens is 3. The van der Waals surface area contributed by atoms with Crippen molar-refractivity contribution in [1.29, 1.82) is 0 Å². The number of rotatable bonds is 5. The van der Waals surface area contributed by atoms with E-state index < -0.39 is 0 Å². The van der Waals surface area contributed by atoms with Crippen molar-refractivity contribution in [2.75, 3.05) is 10.6 Å². The molecule has 1 aromatic heterocycles. The van der Waals surface area contributed by atoms with Gasteiger partial charge in [0.1, 0.15) is 0 Å². The van der Waals surface area contributed by atoms with Crippen LogP contribution in [0.3, 0.4) is 0 Å². The summed E-state index contributed by atoms with van der Waals surface area (Å²) in [5, 5.41) is 15.1. The zero-order valence-corrected chi connectivity index (χ0v) is 15.2. The average Bonchev–Trinajstić information content (AvgIpc) is 2.58. The first-order chi connectivity index (χ1) is 12.0. The van der Waals surface area contributed by atoms with Crippen LogP contribution >= 0.6 is 11.6 Å². The fourth-order valence-corrected chi connectivity index (χ4v) is 2.90. The van der Waals surface area contributed by atoms with Gasteiger partial charge in [0.15, 0.2) is 5.82 Å². The molecular weight excluding hydrogens is 334 g/mol. The van der Waals surface area contributed by atoms with Gasteiger partial charge in [0.05, 0.1) is 16.9 Å². The van der Waals surface area contributed by atoms with Crippen LogP contribution in [0.15, 0.2) is 42.6 Å². The molecule has 0 amide bonds. The molecule has 0 aliphatic rings. The molecule has 1 heterocycles. The summed E-state index contributed by atoms with van der Waals surface area (Å²) in [6, 6.07) is 12.3. The Morgan fingerprint density at radius 3 is 2.48 bits per heavy atom. The molecule has 0 saturated carbocycles. The summed E-state index contributed by atoms with van der Waals surface area (Å²) in [6.45, 7) is 6.72. The fourth-order valence-electron chi connectivity index (χ4n) is 2.53. The minimum absolute atomic E-state index is 0.464. The fraction of sp³-hybridized carbons (Fsp3) is 0.211. The first-order valence-electron chi connectivity index (χ1n) is 8.04. The van der Waals surface area contributed by atoms with E-state index in [0.29, 0.717) is 23.3 Å². The van der Waals surface area contributed by atoms with E-state index in [1.54, 1.807) is 6.20 Å². The highest BCUT2D eigenvalue weighted by molar-refractivity contribution is 6.33. The zero-order chi connectivity index (χ0) is 17.8. The third-order valence-corrected chi connectivity index (χ3v) is 4.11. The summed E-state index contributed by atoms with van der Waals surface area (Å²) < 4.78 is 0. The molecule has 0 spiro atoms. The first-order valence-corrected chi connectivity index (χ1v) is 8.42. The molecule has 0 radical (unpaired) electrons. The van der Waals surface area contributed by atoms with Crippen LogP contribution in [0.1, 0.15) is 22.3 Å². The van der Waals surface area contributed by atoms with E-state index in [-0.39, 0.29) is 0 Å². The van der Waals surface area contributed by atoms with E-state index >= 15 is 0 Å². The van der Waals surface area contributed by atoms with Crippen molar-refractivity contribution in [2.45, 2.75) is 27.3 Å². The molecular formula is C19H20ClN5. The van der Waals surface area contributed by atoms with Crippen molar-refractivity contribution >= 4 is 29.1 Å². The van der Waals surface area contributed by atoms with Gasteiger partial charge in [-0.05, 0) is 43.5 Å². The summed E-state index contributed by atoms with van der Waals surface area (Å²) in [4.78, 5) is 4.45. The Balaban J connectivity index is 1.72. The van der Waals surface area contributed by atoms with Crippen molar-refractivity contribution in [3.05, 3.63) is 69.9 Å². The van der Waals surface area contributed by atoms with Crippen molar-refractivity contribution in [2.24, 2.45) is 0 Å². The highest BCUT2D eigenvalue weighted by atomic mass is 35.5. The largest absolute Gasteiger partial charge is 0.349 e. The number of hydrogen-bond acceptors (Lipinski definition) is 5. The number of hydrogen-bond donors (Lipinski definition) is 2. The second-order valence-electron chi connectivity index (χ2n) is 6.07. The van der Waals surface area contributed by atoms with E-state index in [2.05, 4.69) is 63.1 Å². The summed E-state index contributed by atoms with van der Waals surface area (Å²) in [7, 11) is 0. The lowest BCUT2D eigenvalue weighted by molar-refractivity contribution is 0.948. The van der Waals surface area contributed by atoms with E-state index in [0.717, 1.165) is 22.4 Å². The maximum atomic E-state index is 6.34. The second-order valence-corrected chi connectivity index (χ2v) is 6.48. The smallest absolute Gasteiger partial charge is 0.244 e. The lowest BCUT2D eigenvalue weighted by atomic mass is 10.1. The Morgan fingerprint density at radius 2 is 1.76 bits per heavy atom. The average molecular weight is 354 g/mol. The molecule has 2 aromatic carbocycles. The van der Waals surface area contributed by atoms with Gasteiger partial charge in [0, 0.05) is 6.54 Å². The van der Waals surface area contributed by atoms with Crippen molar-refractivity contribution in [3.63, 3.8) is 0 Å². The third kappa shape index (κ3) is 4.45. The van der Waals surface area contributed by atoms with Crippen molar-refractivity contribution in [3.8, 4) is 0 Å². The van der Waals surface area contributed by atoms with Crippen molar-refractivity contribution < 1.29 is 0 Å². The van der Waals surface area contributed by atoms with Crippen LogP contribution in [-0.4, -0.2) is 15.2 Å². The summed E-state index contributed by atoms with van der Waals surface area (Å²) >= 11 is 6.34. The number of halogens is 1. The molecule has 0 aliphatic heterocycles. The molecule has 0 fully saturated rings. The van der Waals surface area contributed by atoms with E-state index in [1.807, 2.05) is 19.9 Å². The highest BCUT2D eigenvalue weighted by Gasteiger charge is 2.08. The zero-order valence-electron chi connectivity index (χ0n) is 14.5. The quantitative estimate of drug-likeness (QED) is 0.689. The molecule has 2 N–H and O–H groups in total. The number of anilines is 3. The number of nitrogens with one attached hydrogen (secondary N) is 2. The highest BCUT2D eigenvalue weighted by Crippen LogP contribution is 2.29. The molecule has 3 aromatic rings. The second kappa shape index (κ2) is 7.49. The molecule has 0 aliphatic carbocycles. The number of aryl methyl sites for hydroxylation is 3. The maximum absolute atomic E-state index is 6.34. The molecule has 0 unspecified atom stereocenters. The Hall–Kier alpha value is -2.66. The summed E-state index contributed by atoms with van der Waals surface area (Å²) in [5.74, 6) is 1.06. The van der Waals surface area contributed by atoms with Crippen LogP contribution in [0, 0.1) is 20.8 Å². The van der Waals surface area contributed by atoms with E-state index in [9.17, 15) is 0 Å². The van der Waals surface area contributed by atoms with Crippen LogP contribution in [0.5, 0.6) is 0 Å². The normalized spacial score (nSPS) is 10.6. The monoisotopic (exact) mass is 353 g/mol. The Labute approximate surface area is 152 Å². The van der Waals surface area contributed by atoms with Gasteiger partial charge in [-0.3, -0.25) is 0 Å². The molecule has 0 saturated heterocycles. The molecule has 0 bridgehead atoms. The molecule has 5 nitrogen and oxygen atoms in total. The van der Waals surface area contributed by atoms with Crippen molar-refractivity contribution in [1.82, 2.24) is 15.2 Å². The van der Waals surface area contributed by atoms with Gasteiger partial charge in [-0.1, -0.05) is 47.5 Å². The molecule has 0 atom stereocenters. The van der Waals surface area contributed by atoms with Gasteiger partial charge in [0.25, 0.3) is 0 Å². The third-order valence-electron chi connectivity index (χ3n) is 3.81. The topological polar surface area (TPSA) is 62.7 Å². The van der Waals surface area contributed by atoms with Gasteiger partial charge in [-0.25, -0.2) is 0 Å². The number of nitrogens with zero attached hydrogens (tertiary/aromatic N) is 3. The van der Waals surface area contributed by atoms with Gasteiger partial charge in [-0.15, -0.1) is 5.10 Å². The first kappa shape index (κ1) is 17.2. The Kier molecular flexibility index (Phi) is 5.14. The lowest BCUT2D eigenvalue weighted by Gasteiger charge is -2.12. The van der Waals surface area contributed by atoms with Crippen LogP contribution in [-0.2, 0) is 6.54 Å². The predicted octanol–water partition coefficient (Wildman–Crippen LogP) is 4.81. The van der Waals surface area contributed by atoms with E-state index in [4.69, 9.17) is 11.6 Å². The lowest BCUT2D eigenvalue weighted by Crippen LogP contribution is -2.07. The molecule has 3 rings (SSSR count). The van der Waals surface area contributed by atoms with E-state index in [1.165, 1.54) is 5.56 Å². The van der Waals surface area contributed by atoms with Gasteiger partial charge in [-0.2, -0.15) is 10.1 Å². The SMILES string of the molecule is Cc1ccc(CNc2nncc(Nc3c(C)cc(C)cc3Cl)n2)cc1. The minimum Gasteiger partial charge on any atom is -0.349 e. The predicted molar refractivity (Wildman–Crippen MR) is 103 cm³/mol. The molecule has 25 heavy (non-hydrogen) atoms. The summed E-state index contributed by atoms with van der Waals surface area (Å²) in [5.41, 5.74) is 5.40. The van der Waals surface area contributed by atoms with Crippen LogP contribution in [0.25, 0.3) is 0 Å². The summed E-state index contributed by atoms with van der Waals surface area (Å²) in [6.07, 6.45) is 1.58. The molecule has 128 valence electrons. The van der Waals surface area contributed by atoms with Crippen LogP contribution in [0.4, 0.5) is 17.5 Å². The maximum Gasteiger partial charge on any atom is 0.244 e. The van der Waals surface area contributed by atoms with Gasteiger partial charge >= 0.3 is 0 Å². The Bertz CT molecular complexity index is 854. The van der Waals surface area contributed by atoms with Gasteiger partial charge < -0.3 is 10.6 Å². The standard InChI is InChI=1S/C19H20ClN5/c1-12-4-6-15(7-5-12)10-21-19-24-17(11-22-25-19)23-18-14(3)8-13(2)9-16(18)20/h4-9,11H,10H2,1-3H3,(H2,21,23,24,25). The number of benzene rings is 2. The minimum atomic E-state index is 0.464. The van der Waals surface area contributed by atoms with Gasteiger partial charge in [0.2, 0.25) is 5.95 Å².